The zero-order valence-corrected chi connectivity index (χ0v) is 13.4. The summed E-state index contributed by atoms with van der Waals surface area (Å²) in [7, 11) is -3.85. The van der Waals surface area contributed by atoms with Gasteiger partial charge in [-0.25, -0.2) is 13.2 Å². The van der Waals surface area contributed by atoms with Gasteiger partial charge in [0.25, 0.3) is 10.0 Å². The largest absolute Gasteiger partial charge is 0.478 e. The third kappa shape index (κ3) is 3.12. The van der Waals surface area contributed by atoms with E-state index in [2.05, 4.69) is 4.72 Å². The van der Waals surface area contributed by atoms with Gasteiger partial charge in [-0.1, -0.05) is 18.2 Å². The monoisotopic (exact) mass is 319 g/mol. The van der Waals surface area contributed by atoms with Crippen molar-refractivity contribution in [3.8, 4) is 0 Å². The van der Waals surface area contributed by atoms with Crippen LogP contribution in [0.3, 0.4) is 0 Å². The van der Waals surface area contributed by atoms with E-state index in [9.17, 15) is 13.2 Å². The zero-order valence-electron chi connectivity index (χ0n) is 12.5. The number of aromatic carboxylic acids is 1. The van der Waals surface area contributed by atoms with Gasteiger partial charge in [0.1, 0.15) is 0 Å². The number of nitrogens with one attached hydrogen (secondary N) is 1. The fourth-order valence-corrected chi connectivity index (χ4v) is 3.48. The van der Waals surface area contributed by atoms with Crippen LogP contribution in [-0.2, 0) is 10.0 Å². The number of hydrogen-bond donors (Lipinski definition) is 2. The molecule has 0 aromatic heterocycles. The second-order valence-corrected chi connectivity index (χ2v) is 6.79. The fraction of sp³-hybridized carbons (Fsp3) is 0.188. The van der Waals surface area contributed by atoms with Crippen molar-refractivity contribution in [2.24, 2.45) is 0 Å². The number of hydrogen-bond acceptors (Lipinski definition) is 3. The Hall–Kier alpha value is -2.34. The van der Waals surface area contributed by atoms with E-state index in [4.69, 9.17) is 5.11 Å². The highest BCUT2D eigenvalue weighted by molar-refractivity contribution is 7.92. The predicted molar refractivity (Wildman–Crippen MR) is 84.9 cm³/mol. The molecule has 0 saturated carbocycles. The second-order valence-electron chi connectivity index (χ2n) is 5.14. The maximum absolute atomic E-state index is 12.6. The summed E-state index contributed by atoms with van der Waals surface area (Å²) in [4.78, 5) is 11.0. The first-order valence-corrected chi connectivity index (χ1v) is 8.13. The summed E-state index contributed by atoms with van der Waals surface area (Å²) in [6, 6.07) is 9.38. The highest BCUT2D eigenvalue weighted by Crippen LogP contribution is 2.24. The molecule has 5 nitrogen and oxygen atoms in total. The number of carboxylic acid groups (broad SMARTS) is 1. The molecule has 0 bridgehead atoms. The van der Waals surface area contributed by atoms with Crippen LogP contribution in [0.2, 0.25) is 0 Å². The van der Waals surface area contributed by atoms with E-state index >= 15 is 0 Å². The van der Waals surface area contributed by atoms with Crippen LogP contribution in [0, 0.1) is 20.8 Å². The first-order valence-electron chi connectivity index (χ1n) is 6.65. The molecule has 2 N–H and O–H groups in total. The van der Waals surface area contributed by atoms with Gasteiger partial charge in [0, 0.05) is 0 Å². The van der Waals surface area contributed by atoms with Crippen LogP contribution in [0.15, 0.2) is 41.3 Å². The second kappa shape index (κ2) is 5.81. The Morgan fingerprint density at radius 3 is 2.36 bits per heavy atom. The zero-order chi connectivity index (χ0) is 16.5. The average molecular weight is 319 g/mol. The van der Waals surface area contributed by atoms with Gasteiger partial charge < -0.3 is 5.11 Å². The van der Waals surface area contributed by atoms with E-state index < -0.39 is 16.0 Å². The smallest absolute Gasteiger partial charge is 0.335 e. The van der Waals surface area contributed by atoms with Gasteiger partial charge >= 0.3 is 5.97 Å². The highest BCUT2D eigenvalue weighted by atomic mass is 32.2. The normalized spacial score (nSPS) is 11.2. The van der Waals surface area contributed by atoms with Crippen LogP contribution in [0.1, 0.15) is 27.0 Å². The molecule has 0 amide bonds. The van der Waals surface area contributed by atoms with Gasteiger partial charge in [-0.2, -0.15) is 0 Å². The fourth-order valence-electron chi connectivity index (χ4n) is 2.08. The highest BCUT2D eigenvalue weighted by Gasteiger charge is 2.20. The summed E-state index contributed by atoms with van der Waals surface area (Å²) in [6.07, 6.45) is 0. The van der Waals surface area contributed by atoms with E-state index in [0.717, 1.165) is 11.1 Å². The standard InChI is InChI=1S/C16H17NO4S/c1-10-5-4-6-14(12(10)3)17-22(20,21)15-9-13(16(18)19)8-7-11(15)2/h4-9,17H,1-3H3,(H,18,19). The maximum atomic E-state index is 12.6. The Kier molecular flexibility index (Phi) is 4.23. The molecule has 22 heavy (non-hydrogen) atoms. The van der Waals surface area contributed by atoms with Crippen molar-refractivity contribution < 1.29 is 18.3 Å². The molecule has 0 atom stereocenters. The lowest BCUT2D eigenvalue weighted by Gasteiger charge is -2.14. The van der Waals surface area contributed by atoms with Crippen molar-refractivity contribution >= 4 is 21.7 Å². The molecule has 2 aromatic rings. The minimum Gasteiger partial charge on any atom is -0.478 e. The Morgan fingerprint density at radius 2 is 1.73 bits per heavy atom. The van der Waals surface area contributed by atoms with Crippen LogP contribution in [0.5, 0.6) is 0 Å². The van der Waals surface area contributed by atoms with E-state index in [1.54, 1.807) is 19.1 Å². The summed E-state index contributed by atoms with van der Waals surface area (Å²) < 4.78 is 27.6. The molecular formula is C16H17NO4S. The van der Waals surface area contributed by atoms with Crippen molar-refractivity contribution in [1.29, 1.82) is 0 Å². The van der Waals surface area contributed by atoms with E-state index in [0.29, 0.717) is 11.3 Å². The first kappa shape index (κ1) is 16.0. The summed E-state index contributed by atoms with van der Waals surface area (Å²) >= 11 is 0. The van der Waals surface area contributed by atoms with Crippen LogP contribution in [-0.4, -0.2) is 19.5 Å². The van der Waals surface area contributed by atoms with Gasteiger partial charge in [-0.3, -0.25) is 4.72 Å². The molecule has 0 aliphatic carbocycles. The number of rotatable bonds is 4. The van der Waals surface area contributed by atoms with Gasteiger partial charge in [-0.05, 0) is 55.7 Å². The van der Waals surface area contributed by atoms with Crippen molar-refractivity contribution in [3.63, 3.8) is 0 Å². The third-order valence-corrected chi connectivity index (χ3v) is 5.08. The molecule has 0 aliphatic heterocycles. The summed E-state index contributed by atoms with van der Waals surface area (Å²) in [6.45, 7) is 5.35. The molecule has 0 aliphatic rings. The summed E-state index contributed by atoms with van der Waals surface area (Å²) in [5.74, 6) is -1.16. The van der Waals surface area contributed by atoms with Crippen molar-refractivity contribution in [2.45, 2.75) is 25.7 Å². The van der Waals surface area contributed by atoms with Crippen molar-refractivity contribution in [3.05, 3.63) is 58.7 Å². The van der Waals surface area contributed by atoms with Crippen LogP contribution < -0.4 is 4.72 Å². The SMILES string of the molecule is Cc1ccc(C(=O)O)cc1S(=O)(=O)Nc1cccc(C)c1C. The Morgan fingerprint density at radius 1 is 1.05 bits per heavy atom. The lowest BCUT2D eigenvalue weighted by Crippen LogP contribution is -2.16. The number of carboxylic acids is 1. The first-order chi connectivity index (χ1) is 10.2. The quantitative estimate of drug-likeness (QED) is 0.907. The molecule has 6 heteroatoms. The average Bonchev–Trinajstić information content (AvgIpc) is 2.43. The van der Waals surface area contributed by atoms with Crippen LogP contribution in [0.4, 0.5) is 5.69 Å². The molecule has 0 saturated heterocycles. The minimum absolute atomic E-state index is 0.0340. The molecule has 0 spiro atoms. The number of benzene rings is 2. The lowest BCUT2D eigenvalue weighted by molar-refractivity contribution is 0.0696. The number of aryl methyl sites for hydroxylation is 2. The number of anilines is 1. The van der Waals surface area contributed by atoms with Crippen molar-refractivity contribution in [2.75, 3.05) is 4.72 Å². The Labute approximate surface area is 129 Å². The number of carbonyl (C=O) groups is 1. The Balaban J connectivity index is 2.49. The van der Waals surface area contributed by atoms with E-state index in [1.807, 2.05) is 19.9 Å². The van der Waals surface area contributed by atoms with E-state index in [-0.39, 0.29) is 10.5 Å². The Bertz CT molecular complexity index is 841. The molecular weight excluding hydrogens is 302 g/mol. The molecule has 0 fully saturated rings. The maximum Gasteiger partial charge on any atom is 0.335 e. The molecule has 116 valence electrons. The summed E-state index contributed by atoms with van der Waals surface area (Å²) in [5, 5.41) is 9.02. The molecule has 2 aromatic carbocycles. The summed E-state index contributed by atoms with van der Waals surface area (Å²) in [5.41, 5.74) is 2.71. The van der Waals surface area contributed by atoms with Gasteiger partial charge in [0.15, 0.2) is 0 Å². The lowest BCUT2D eigenvalue weighted by atomic mass is 10.1. The number of sulfonamides is 1. The molecule has 2 rings (SSSR count). The van der Waals surface area contributed by atoms with E-state index in [1.165, 1.54) is 18.2 Å². The minimum atomic E-state index is -3.85. The third-order valence-electron chi connectivity index (χ3n) is 3.57. The molecule has 0 unspecified atom stereocenters. The predicted octanol–water partition coefficient (Wildman–Crippen LogP) is 3.11. The van der Waals surface area contributed by atoms with Crippen LogP contribution in [0.25, 0.3) is 0 Å². The van der Waals surface area contributed by atoms with Crippen molar-refractivity contribution in [1.82, 2.24) is 0 Å². The van der Waals surface area contributed by atoms with Gasteiger partial charge in [-0.15, -0.1) is 0 Å². The molecule has 0 heterocycles. The van der Waals surface area contributed by atoms with Gasteiger partial charge in [0.2, 0.25) is 0 Å². The van der Waals surface area contributed by atoms with Crippen LogP contribution >= 0.6 is 0 Å². The van der Waals surface area contributed by atoms with Gasteiger partial charge in [0.05, 0.1) is 16.1 Å². The topological polar surface area (TPSA) is 83.5 Å². The molecule has 0 radical (unpaired) electrons.